The monoisotopic (exact) mass is 339 g/mol. The van der Waals surface area contributed by atoms with E-state index in [1.165, 1.54) is 16.7 Å². The van der Waals surface area contributed by atoms with E-state index in [-0.39, 0.29) is 12.1 Å². The van der Waals surface area contributed by atoms with Crippen LogP contribution in [0.5, 0.6) is 5.88 Å². The van der Waals surface area contributed by atoms with Gasteiger partial charge in [-0.2, -0.15) is 0 Å². The first-order valence-corrected chi connectivity index (χ1v) is 8.74. The van der Waals surface area contributed by atoms with E-state index in [0.717, 1.165) is 18.5 Å². The van der Waals surface area contributed by atoms with Crippen LogP contribution in [0, 0.1) is 6.92 Å². The fraction of sp³-hybridized carbons (Fsp3) is 0.400. The summed E-state index contributed by atoms with van der Waals surface area (Å²) < 4.78 is 5.59. The van der Waals surface area contributed by atoms with E-state index in [0.29, 0.717) is 19.0 Å². The third-order valence-electron chi connectivity index (χ3n) is 4.26. The molecule has 2 amide bonds. The van der Waals surface area contributed by atoms with Crippen molar-refractivity contribution in [2.45, 2.75) is 46.4 Å². The number of amides is 2. The van der Waals surface area contributed by atoms with Crippen LogP contribution in [0.2, 0.25) is 0 Å². The molecule has 0 bridgehead atoms. The van der Waals surface area contributed by atoms with Crippen LogP contribution in [0.1, 0.15) is 36.1 Å². The molecule has 0 atom stereocenters. The molecule has 1 N–H and O–H groups in total. The molecule has 1 aromatic carbocycles. The van der Waals surface area contributed by atoms with Crippen LogP contribution in [0.3, 0.4) is 0 Å². The molecule has 3 rings (SSSR count). The van der Waals surface area contributed by atoms with Crippen molar-refractivity contribution in [1.82, 2.24) is 15.2 Å². The van der Waals surface area contributed by atoms with Gasteiger partial charge in [0.2, 0.25) is 5.88 Å². The number of nitrogens with one attached hydrogen (secondary N) is 1. The number of nitrogens with zero attached hydrogens (tertiary/aromatic N) is 2. The minimum Gasteiger partial charge on any atom is -0.475 e. The van der Waals surface area contributed by atoms with Crippen molar-refractivity contribution in [1.29, 1.82) is 0 Å². The molecule has 5 heteroatoms. The van der Waals surface area contributed by atoms with E-state index >= 15 is 0 Å². The third-order valence-corrected chi connectivity index (χ3v) is 4.26. The second kappa shape index (κ2) is 7.55. The largest absolute Gasteiger partial charge is 0.475 e. The SMILES string of the molecule is Cc1ccc2c(c1)CCN(C(=O)NCc1ccnc(OC(C)C)c1)C2. The van der Waals surface area contributed by atoms with Crippen molar-refractivity contribution in [3.63, 3.8) is 0 Å². The summed E-state index contributed by atoms with van der Waals surface area (Å²) in [5, 5.41) is 3.00. The van der Waals surface area contributed by atoms with Crippen LogP contribution in [-0.2, 0) is 19.5 Å². The van der Waals surface area contributed by atoms with Gasteiger partial charge in [-0.3, -0.25) is 0 Å². The number of aryl methyl sites for hydroxylation is 1. The van der Waals surface area contributed by atoms with E-state index in [1.807, 2.05) is 30.9 Å². The molecule has 0 fully saturated rings. The number of urea groups is 1. The summed E-state index contributed by atoms with van der Waals surface area (Å²) >= 11 is 0. The maximum absolute atomic E-state index is 12.5. The number of hydrogen-bond donors (Lipinski definition) is 1. The number of fused-ring (bicyclic) bond motifs is 1. The second-order valence-corrected chi connectivity index (χ2v) is 6.77. The van der Waals surface area contributed by atoms with Crippen LogP contribution >= 0.6 is 0 Å². The van der Waals surface area contributed by atoms with Crippen molar-refractivity contribution in [3.05, 3.63) is 58.8 Å². The fourth-order valence-electron chi connectivity index (χ4n) is 3.01. The van der Waals surface area contributed by atoms with Crippen LogP contribution in [0.25, 0.3) is 0 Å². The minimum absolute atomic E-state index is 0.0330. The van der Waals surface area contributed by atoms with Crippen molar-refractivity contribution in [3.8, 4) is 5.88 Å². The molecule has 0 saturated carbocycles. The van der Waals surface area contributed by atoms with E-state index in [2.05, 4.69) is 35.4 Å². The first-order chi connectivity index (χ1) is 12.0. The lowest BCUT2D eigenvalue weighted by molar-refractivity contribution is 0.192. The van der Waals surface area contributed by atoms with Gasteiger partial charge in [0.1, 0.15) is 0 Å². The topological polar surface area (TPSA) is 54.5 Å². The molecular weight excluding hydrogens is 314 g/mol. The van der Waals surface area contributed by atoms with Gasteiger partial charge in [-0.25, -0.2) is 9.78 Å². The van der Waals surface area contributed by atoms with Gasteiger partial charge in [-0.15, -0.1) is 0 Å². The standard InChI is InChI=1S/C20H25N3O2/c1-14(2)25-19-11-16(6-8-21-19)12-22-20(24)23-9-7-17-10-15(3)4-5-18(17)13-23/h4-6,8,10-11,14H,7,9,12-13H2,1-3H3,(H,22,24). The van der Waals surface area contributed by atoms with Crippen molar-refractivity contribution in [2.75, 3.05) is 6.54 Å². The highest BCUT2D eigenvalue weighted by atomic mass is 16.5. The molecule has 0 radical (unpaired) electrons. The predicted octanol–water partition coefficient (Wildman–Crippen LogP) is 3.45. The number of pyridine rings is 1. The smallest absolute Gasteiger partial charge is 0.317 e. The average molecular weight is 339 g/mol. The summed E-state index contributed by atoms with van der Waals surface area (Å²) in [6, 6.07) is 10.2. The normalized spacial score (nSPS) is 13.5. The molecular formula is C20H25N3O2. The van der Waals surface area contributed by atoms with Crippen molar-refractivity contribution >= 4 is 6.03 Å². The molecule has 0 spiro atoms. The van der Waals surface area contributed by atoms with Gasteiger partial charge < -0.3 is 15.0 Å². The summed E-state index contributed by atoms with van der Waals surface area (Å²) in [6.07, 6.45) is 2.69. The van der Waals surface area contributed by atoms with Crippen molar-refractivity contribution in [2.24, 2.45) is 0 Å². The van der Waals surface area contributed by atoms with Gasteiger partial charge in [0.25, 0.3) is 0 Å². The number of carbonyl (C=O) groups excluding carboxylic acids is 1. The minimum atomic E-state index is -0.0330. The highest BCUT2D eigenvalue weighted by molar-refractivity contribution is 5.74. The zero-order valence-electron chi connectivity index (χ0n) is 15.1. The summed E-state index contributed by atoms with van der Waals surface area (Å²) in [7, 11) is 0. The zero-order valence-corrected chi connectivity index (χ0v) is 15.1. The number of ether oxygens (including phenoxy) is 1. The Kier molecular flexibility index (Phi) is 5.22. The first kappa shape index (κ1) is 17.3. The lowest BCUT2D eigenvalue weighted by Crippen LogP contribution is -2.42. The number of rotatable bonds is 4. The summed E-state index contributed by atoms with van der Waals surface area (Å²) in [4.78, 5) is 18.5. The van der Waals surface area contributed by atoms with E-state index in [4.69, 9.17) is 4.74 Å². The Morgan fingerprint density at radius 2 is 2.12 bits per heavy atom. The molecule has 132 valence electrons. The lowest BCUT2D eigenvalue weighted by Gasteiger charge is -2.29. The Labute approximate surface area is 149 Å². The molecule has 1 aliphatic rings. The summed E-state index contributed by atoms with van der Waals surface area (Å²) in [6.45, 7) is 7.91. The molecule has 2 aromatic rings. The molecule has 25 heavy (non-hydrogen) atoms. The van der Waals surface area contributed by atoms with Gasteiger partial charge in [-0.1, -0.05) is 23.8 Å². The van der Waals surface area contributed by atoms with Gasteiger partial charge in [0.05, 0.1) is 6.10 Å². The predicted molar refractivity (Wildman–Crippen MR) is 97.5 cm³/mol. The summed E-state index contributed by atoms with van der Waals surface area (Å²) in [5.74, 6) is 0.587. The average Bonchev–Trinajstić information content (AvgIpc) is 2.59. The quantitative estimate of drug-likeness (QED) is 0.928. The van der Waals surface area contributed by atoms with Crippen LogP contribution in [0.4, 0.5) is 4.79 Å². The van der Waals surface area contributed by atoms with E-state index in [1.54, 1.807) is 6.20 Å². The highest BCUT2D eigenvalue weighted by Crippen LogP contribution is 2.20. The van der Waals surface area contributed by atoms with E-state index < -0.39 is 0 Å². The fourth-order valence-corrected chi connectivity index (χ4v) is 3.01. The highest BCUT2D eigenvalue weighted by Gasteiger charge is 2.20. The van der Waals surface area contributed by atoms with Gasteiger partial charge in [0, 0.05) is 31.9 Å². The maximum atomic E-state index is 12.5. The molecule has 0 unspecified atom stereocenters. The molecule has 1 aliphatic heterocycles. The van der Waals surface area contributed by atoms with Crippen LogP contribution in [-0.4, -0.2) is 28.6 Å². The summed E-state index contributed by atoms with van der Waals surface area (Å²) in [5.41, 5.74) is 4.85. The lowest BCUT2D eigenvalue weighted by atomic mass is 9.98. The molecule has 0 saturated heterocycles. The number of aromatic nitrogens is 1. The number of benzene rings is 1. The second-order valence-electron chi connectivity index (χ2n) is 6.77. The molecule has 2 heterocycles. The molecule has 0 aliphatic carbocycles. The van der Waals surface area contributed by atoms with Gasteiger partial charge >= 0.3 is 6.03 Å². The molecule has 1 aromatic heterocycles. The Morgan fingerprint density at radius 3 is 2.92 bits per heavy atom. The van der Waals surface area contributed by atoms with Crippen molar-refractivity contribution < 1.29 is 9.53 Å². The van der Waals surface area contributed by atoms with Gasteiger partial charge in [0.15, 0.2) is 0 Å². The first-order valence-electron chi connectivity index (χ1n) is 8.74. The van der Waals surface area contributed by atoms with Crippen LogP contribution in [0.15, 0.2) is 36.5 Å². The Bertz CT molecular complexity index is 758. The third kappa shape index (κ3) is 4.50. The van der Waals surface area contributed by atoms with Gasteiger partial charge in [-0.05, 0) is 49.9 Å². The Morgan fingerprint density at radius 1 is 1.28 bits per heavy atom. The zero-order chi connectivity index (χ0) is 17.8. The Balaban J connectivity index is 1.57. The maximum Gasteiger partial charge on any atom is 0.317 e. The van der Waals surface area contributed by atoms with Crippen LogP contribution < -0.4 is 10.1 Å². The Hall–Kier alpha value is -2.56. The number of carbonyl (C=O) groups is 1. The number of hydrogen-bond acceptors (Lipinski definition) is 3. The van der Waals surface area contributed by atoms with E-state index in [9.17, 15) is 4.79 Å². The molecule has 5 nitrogen and oxygen atoms in total.